The Labute approximate surface area is 170 Å². The Kier molecular flexibility index (Phi) is 6.89. The number of carbonyl (C=O) groups excluding carboxylic acids is 3. The summed E-state index contributed by atoms with van der Waals surface area (Å²) in [5.41, 5.74) is 0.213. The fourth-order valence-corrected chi connectivity index (χ4v) is 4.12. The van der Waals surface area contributed by atoms with Gasteiger partial charge >= 0.3 is 5.97 Å². The monoisotopic (exact) mass is 406 g/mol. The first-order valence-electron chi connectivity index (χ1n) is 10.2. The maximum atomic E-state index is 13.1. The Balaban J connectivity index is 1.71. The van der Waals surface area contributed by atoms with Gasteiger partial charge in [-0.2, -0.15) is 5.10 Å². The number of aromatic nitrogens is 2. The fraction of sp³-hybridized carbons (Fsp3) is 0.700. The first-order valence-corrected chi connectivity index (χ1v) is 10.2. The molecule has 0 aliphatic carbocycles. The summed E-state index contributed by atoms with van der Waals surface area (Å²) in [7, 11) is 0. The van der Waals surface area contributed by atoms with Crippen molar-refractivity contribution in [2.24, 2.45) is 0 Å². The average Bonchev–Trinajstić information content (AvgIpc) is 3.31. The molecule has 2 aliphatic rings. The van der Waals surface area contributed by atoms with Crippen molar-refractivity contribution in [1.82, 2.24) is 19.6 Å². The third-order valence-corrected chi connectivity index (χ3v) is 5.75. The van der Waals surface area contributed by atoms with E-state index in [1.54, 1.807) is 20.7 Å². The SMILES string of the molecule is CC(=O)OCC1(CC(=O)N2CCOCC2)CCCN1C(=O)CCn1nccc1C. The predicted molar refractivity (Wildman–Crippen MR) is 104 cm³/mol. The van der Waals surface area contributed by atoms with Gasteiger partial charge in [-0.05, 0) is 25.8 Å². The number of hydrogen-bond donors (Lipinski definition) is 0. The largest absolute Gasteiger partial charge is 0.463 e. The topological polar surface area (TPSA) is 94.0 Å². The summed E-state index contributed by atoms with van der Waals surface area (Å²) < 4.78 is 12.4. The van der Waals surface area contributed by atoms with Crippen molar-refractivity contribution in [3.05, 3.63) is 18.0 Å². The van der Waals surface area contributed by atoms with Crippen molar-refractivity contribution >= 4 is 17.8 Å². The zero-order chi connectivity index (χ0) is 20.9. The number of amides is 2. The number of aryl methyl sites for hydroxylation is 2. The van der Waals surface area contributed by atoms with E-state index in [9.17, 15) is 14.4 Å². The molecule has 1 unspecified atom stereocenters. The van der Waals surface area contributed by atoms with Crippen molar-refractivity contribution in [3.63, 3.8) is 0 Å². The first-order chi connectivity index (χ1) is 13.9. The summed E-state index contributed by atoms with van der Waals surface area (Å²) >= 11 is 0. The molecule has 0 bridgehead atoms. The molecule has 3 heterocycles. The highest BCUT2D eigenvalue weighted by Gasteiger charge is 2.46. The third-order valence-electron chi connectivity index (χ3n) is 5.75. The number of rotatable bonds is 7. The Morgan fingerprint density at radius 2 is 1.97 bits per heavy atom. The van der Waals surface area contributed by atoms with Crippen LogP contribution >= 0.6 is 0 Å². The highest BCUT2D eigenvalue weighted by Crippen LogP contribution is 2.34. The van der Waals surface area contributed by atoms with Crippen LogP contribution in [0.2, 0.25) is 0 Å². The molecule has 0 radical (unpaired) electrons. The summed E-state index contributed by atoms with van der Waals surface area (Å²) in [6.07, 6.45) is 3.58. The van der Waals surface area contributed by atoms with E-state index in [4.69, 9.17) is 9.47 Å². The molecule has 3 rings (SSSR count). The van der Waals surface area contributed by atoms with Crippen molar-refractivity contribution in [2.75, 3.05) is 39.5 Å². The fourth-order valence-electron chi connectivity index (χ4n) is 4.12. The van der Waals surface area contributed by atoms with Crippen molar-refractivity contribution in [2.45, 2.75) is 51.6 Å². The van der Waals surface area contributed by atoms with Gasteiger partial charge in [0.25, 0.3) is 0 Å². The van der Waals surface area contributed by atoms with E-state index < -0.39 is 11.5 Å². The Morgan fingerprint density at radius 3 is 2.62 bits per heavy atom. The van der Waals surface area contributed by atoms with Crippen LogP contribution in [0, 0.1) is 6.92 Å². The summed E-state index contributed by atoms with van der Waals surface area (Å²) in [6.45, 7) is 6.53. The van der Waals surface area contributed by atoms with Crippen LogP contribution in [0.25, 0.3) is 0 Å². The van der Waals surface area contributed by atoms with Gasteiger partial charge in [-0.25, -0.2) is 0 Å². The minimum Gasteiger partial charge on any atom is -0.463 e. The van der Waals surface area contributed by atoms with Gasteiger partial charge < -0.3 is 19.3 Å². The van der Waals surface area contributed by atoms with E-state index in [-0.39, 0.29) is 31.3 Å². The molecule has 2 aliphatic heterocycles. The number of carbonyl (C=O) groups is 3. The summed E-state index contributed by atoms with van der Waals surface area (Å²) in [5, 5.41) is 4.22. The number of nitrogens with zero attached hydrogens (tertiary/aromatic N) is 4. The van der Waals surface area contributed by atoms with Crippen LogP contribution in [0.15, 0.2) is 12.3 Å². The van der Waals surface area contributed by atoms with Crippen molar-refractivity contribution < 1.29 is 23.9 Å². The minimum absolute atomic E-state index is 0.0249. The normalized spacial score (nSPS) is 22.0. The van der Waals surface area contributed by atoms with Crippen molar-refractivity contribution in [1.29, 1.82) is 0 Å². The average molecular weight is 406 g/mol. The summed E-state index contributed by atoms with van der Waals surface area (Å²) in [6, 6.07) is 1.90. The number of likely N-dealkylation sites (tertiary alicyclic amines) is 1. The van der Waals surface area contributed by atoms with Crippen LogP contribution in [-0.4, -0.2) is 82.4 Å². The van der Waals surface area contributed by atoms with Crippen LogP contribution in [0.1, 0.15) is 38.3 Å². The molecular formula is C20H30N4O5. The Bertz CT molecular complexity index is 743. The first kappa shape index (κ1) is 21.3. The number of esters is 1. The molecule has 2 amide bonds. The van der Waals surface area contributed by atoms with Crippen LogP contribution in [0.4, 0.5) is 0 Å². The van der Waals surface area contributed by atoms with Gasteiger partial charge in [0, 0.05) is 51.4 Å². The van der Waals surface area contributed by atoms with Crippen LogP contribution in [0.3, 0.4) is 0 Å². The molecule has 9 heteroatoms. The zero-order valence-electron chi connectivity index (χ0n) is 17.3. The lowest BCUT2D eigenvalue weighted by Gasteiger charge is -2.39. The third kappa shape index (κ3) is 5.14. The number of hydrogen-bond acceptors (Lipinski definition) is 6. The molecule has 29 heavy (non-hydrogen) atoms. The second kappa shape index (κ2) is 9.39. The molecule has 2 saturated heterocycles. The molecule has 0 N–H and O–H groups in total. The number of ether oxygens (including phenoxy) is 2. The summed E-state index contributed by atoms with van der Waals surface area (Å²) in [5.74, 6) is -0.475. The molecule has 1 atom stereocenters. The van der Waals surface area contributed by atoms with Crippen LogP contribution in [0.5, 0.6) is 0 Å². The van der Waals surface area contributed by atoms with E-state index in [1.165, 1.54) is 6.92 Å². The quantitative estimate of drug-likeness (QED) is 0.621. The second-order valence-corrected chi connectivity index (χ2v) is 7.77. The molecule has 160 valence electrons. The van der Waals surface area contributed by atoms with Crippen molar-refractivity contribution in [3.8, 4) is 0 Å². The van der Waals surface area contributed by atoms with E-state index >= 15 is 0 Å². The maximum absolute atomic E-state index is 13.1. The molecule has 0 spiro atoms. The van der Waals surface area contributed by atoms with Crippen LogP contribution in [-0.2, 0) is 30.4 Å². The standard InChI is InChI=1S/C20H30N4O5/c1-16-4-7-21-24(16)9-5-18(26)23-8-3-6-20(23,15-29-17(2)25)14-19(27)22-10-12-28-13-11-22/h4,7H,3,5-6,8-15H2,1-2H3. The van der Waals surface area contributed by atoms with Gasteiger partial charge in [0.15, 0.2) is 0 Å². The molecule has 1 aromatic rings. The molecule has 2 fully saturated rings. The number of morpholine rings is 1. The molecular weight excluding hydrogens is 376 g/mol. The van der Waals surface area contributed by atoms with Crippen LogP contribution < -0.4 is 0 Å². The van der Waals surface area contributed by atoms with Gasteiger partial charge in [-0.3, -0.25) is 19.1 Å². The van der Waals surface area contributed by atoms with Gasteiger partial charge in [0.1, 0.15) is 6.61 Å². The Morgan fingerprint density at radius 1 is 1.21 bits per heavy atom. The summed E-state index contributed by atoms with van der Waals surface area (Å²) in [4.78, 5) is 41.0. The highest BCUT2D eigenvalue weighted by molar-refractivity contribution is 5.81. The second-order valence-electron chi connectivity index (χ2n) is 7.77. The smallest absolute Gasteiger partial charge is 0.302 e. The molecule has 0 saturated carbocycles. The lowest BCUT2D eigenvalue weighted by molar-refractivity contribution is -0.154. The van der Waals surface area contributed by atoms with Gasteiger partial charge in [-0.15, -0.1) is 0 Å². The molecule has 0 aromatic carbocycles. The van der Waals surface area contributed by atoms with Gasteiger partial charge in [0.2, 0.25) is 11.8 Å². The zero-order valence-corrected chi connectivity index (χ0v) is 17.3. The Hall–Kier alpha value is -2.42. The van der Waals surface area contributed by atoms with E-state index in [2.05, 4.69) is 5.10 Å². The van der Waals surface area contributed by atoms with Gasteiger partial charge in [-0.1, -0.05) is 0 Å². The highest BCUT2D eigenvalue weighted by atomic mass is 16.5. The predicted octanol–water partition coefficient (Wildman–Crippen LogP) is 0.755. The molecule has 1 aromatic heterocycles. The van der Waals surface area contributed by atoms with E-state index in [1.807, 2.05) is 13.0 Å². The van der Waals surface area contributed by atoms with Gasteiger partial charge in [0.05, 0.1) is 25.2 Å². The minimum atomic E-state index is -0.780. The molecule has 9 nitrogen and oxygen atoms in total. The lowest BCUT2D eigenvalue weighted by atomic mass is 9.91. The maximum Gasteiger partial charge on any atom is 0.302 e. The van der Waals surface area contributed by atoms with E-state index in [0.29, 0.717) is 45.8 Å². The lowest BCUT2D eigenvalue weighted by Crippen LogP contribution is -2.54. The van der Waals surface area contributed by atoms with E-state index in [0.717, 1.165) is 12.1 Å².